The largest absolute Gasteiger partial charge is 0.393 e. The van der Waals surface area contributed by atoms with Crippen molar-refractivity contribution in [2.45, 2.75) is 76.4 Å². The first-order chi connectivity index (χ1) is 12.0. The number of anilines is 1. The fourth-order valence-electron chi connectivity index (χ4n) is 3.76. The molecule has 0 aliphatic heterocycles. The van der Waals surface area contributed by atoms with Crippen molar-refractivity contribution in [2.75, 3.05) is 5.32 Å². The third-order valence-electron chi connectivity index (χ3n) is 5.45. The van der Waals surface area contributed by atoms with Crippen LogP contribution in [-0.4, -0.2) is 38.3 Å². The summed E-state index contributed by atoms with van der Waals surface area (Å²) in [6, 6.07) is 0. The lowest BCUT2D eigenvalue weighted by Gasteiger charge is -2.30. The number of amides is 1. The number of aliphatic imine (C=N–C) groups is 1. The predicted octanol–water partition coefficient (Wildman–Crippen LogP) is 2.72. The van der Waals surface area contributed by atoms with E-state index in [1.165, 1.54) is 19.0 Å². The van der Waals surface area contributed by atoms with Gasteiger partial charge in [-0.05, 0) is 44.9 Å². The van der Waals surface area contributed by atoms with Gasteiger partial charge in [0.05, 0.1) is 11.7 Å². The molecule has 1 amide bonds. The van der Waals surface area contributed by atoms with E-state index in [0.717, 1.165) is 50.7 Å². The van der Waals surface area contributed by atoms with Crippen LogP contribution >= 0.6 is 0 Å². The molecule has 0 radical (unpaired) electrons. The topological polar surface area (TPSA) is 113 Å². The van der Waals surface area contributed by atoms with Crippen molar-refractivity contribution in [3.63, 3.8) is 0 Å². The lowest BCUT2D eigenvalue weighted by Crippen LogP contribution is -2.35. The minimum Gasteiger partial charge on any atom is -0.393 e. The van der Waals surface area contributed by atoms with E-state index >= 15 is 0 Å². The van der Waals surface area contributed by atoms with Crippen molar-refractivity contribution in [1.82, 2.24) is 9.97 Å². The van der Waals surface area contributed by atoms with E-state index in [1.807, 2.05) is 0 Å². The van der Waals surface area contributed by atoms with Crippen LogP contribution in [0.25, 0.3) is 0 Å². The summed E-state index contributed by atoms with van der Waals surface area (Å²) in [6.07, 6.45) is 9.63. The summed E-state index contributed by atoms with van der Waals surface area (Å²) in [5.41, 5.74) is 6.77. The number of primary amides is 1. The molecular weight excluding hydrogens is 318 g/mol. The molecule has 2 aliphatic rings. The number of nitrogens with one attached hydrogen (secondary N) is 1. The van der Waals surface area contributed by atoms with Crippen LogP contribution in [0.2, 0.25) is 0 Å². The van der Waals surface area contributed by atoms with E-state index < -0.39 is 5.91 Å². The number of nitrogens with two attached hydrogens (primary N) is 1. The normalized spacial score (nSPS) is 22.6. The van der Waals surface area contributed by atoms with Crippen LogP contribution in [0, 0.1) is 0 Å². The third kappa shape index (κ3) is 4.15. The summed E-state index contributed by atoms with van der Waals surface area (Å²) < 4.78 is 0. The molecule has 1 aromatic heterocycles. The summed E-state index contributed by atoms with van der Waals surface area (Å²) in [5.74, 6) is 0.302. The fourth-order valence-corrected chi connectivity index (χ4v) is 3.76. The van der Waals surface area contributed by atoms with E-state index in [-0.39, 0.29) is 11.6 Å². The van der Waals surface area contributed by atoms with E-state index in [4.69, 9.17) is 5.73 Å². The summed E-state index contributed by atoms with van der Waals surface area (Å²) in [6.45, 7) is 2.15. The molecule has 0 unspecified atom stereocenters. The number of aromatic nitrogens is 2. The second kappa shape index (κ2) is 7.47. The minimum atomic E-state index is -0.535. The predicted molar refractivity (Wildman–Crippen MR) is 97.2 cm³/mol. The zero-order chi connectivity index (χ0) is 17.9. The summed E-state index contributed by atoms with van der Waals surface area (Å²) >= 11 is 0. The Morgan fingerprint density at radius 1 is 1.40 bits per heavy atom. The molecule has 2 fully saturated rings. The second-order valence-corrected chi connectivity index (χ2v) is 7.17. The van der Waals surface area contributed by atoms with Gasteiger partial charge in [-0.15, -0.1) is 0 Å². The van der Waals surface area contributed by atoms with Crippen molar-refractivity contribution in [3.8, 4) is 0 Å². The van der Waals surface area contributed by atoms with Crippen molar-refractivity contribution in [2.24, 2.45) is 10.7 Å². The minimum absolute atomic E-state index is 0.0298. The van der Waals surface area contributed by atoms with Gasteiger partial charge in [-0.2, -0.15) is 4.98 Å². The summed E-state index contributed by atoms with van der Waals surface area (Å²) in [5, 5.41) is 13.1. The fraction of sp³-hybridized carbons (Fsp3) is 0.667. The summed E-state index contributed by atoms with van der Waals surface area (Å²) in [7, 11) is 0. The van der Waals surface area contributed by atoms with Crippen molar-refractivity contribution >= 4 is 23.4 Å². The first-order valence-corrected chi connectivity index (χ1v) is 9.21. The molecule has 2 aliphatic carbocycles. The zero-order valence-electron chi connectivity index (χ0n) is 14.8. The molecule has 0 atom stereocenters. The molecule has 136 valence electrons. The summed E-state index contributed by atoms with van der Waals surface area (Å²) in [4.78, 5) is 25.0. The average Bonchev–Trinajstić information content (AvgIpc) is 3.06. The average molecular weight is 345 g/mol. The second-order valence-electron chi connectivity index (χ2n) is 7.17. The van der Waals surface area contributed by atoms with Crippen LogP contribution < -0.4 is 11.1 Å². The highest BCUT2D eigenvalue weighted by molar-refractivity contribution is 5.97. The molecule has 7 nitrogen and oxygen atoms in total. The Kier molecular flexibility index (Phi) is 5.32. The van der Waals surface area contributed by atoms with Gasteiger partial charge in [0.15, 0.2) is 0 Å². The van der Waals surface area contributed by atoms with Crippen LogP contribution in [0.3, 0.4) is 0 Å². The highest BCUT2D eigenvalue weighted by Gasteiger charge is 2.33. The molecular formula is C18H27N5O2. The molecule has 0 aromatic carbocycles. The van der Waals surface area contributed by atoms with Gasteiger partial charge in [0.1, 0.15) is 5.82 Å². The molecule has 25 heavy (non-hydrogen) atoms. The maximum Gasteiger partial charge on any atom is 0.254 e. The molecule has 4 N–H and O–H groups in total. The molecule has 0 bridgehead atoms. The first kappa shape index (κ1) is 17.8. The number of rotatable bonds is 5. The molecule has 0 saturated heterocycles. The smallest absolute Gasteiger partial charge is 0.254 e. The van der Waals surface area contributed by atoms with Crippen LogP contribution in [0.5, 0.6) is 0 Å². The van der Waals surface area contributed by atoms with Gasteiger partial charge in [-0.3, -0.25) is 4.79 Å². The Hall–Kier alpha value is -2.02. The van der Waals surface area contributed by atoms with Crippen molar-refractivity contribution < 1.29 is 9.90 Å². The van der Waals surface area contributed by atoms with Crippen LogP contribution in [0.1, 0.15) is 75.1 Å². The number of aliphatic hydroxyl groups is 1. The number of nitrogens with zero attached hydrogens (tertiary/aromatic N) is 3. The Morgan fingerprint density at radius 3 is 2.68 bits per heavy atom. The van der Waals surface area contributed by atoms with Gasteiger partial charge in [0.25, 0.3) is 11.9 Å². The molecule has 7 heteroatoms. The molecule has 3 rings (SSSR count). The maximum atomic E-state index is 11.8. The number of hydrogen-bond acceptors (Lipinski definition) is 6. The van der Waals surface area contributed by atoms with Crippen molar-refractivity contribution in [1.29, 1.82) is 0 Å². The SMILES string of the molecule is CCC1(Nc2nc(N=C3CCC(O)CC3)ncc2C(N)=O)CCCC1. The number of carbonyl (C=O) groups excluding carboxylic acids is 1. The van der Waals surface area contributed by atoms with Gasteiger partial charge in [0.2, 0.25) is 0 Å². The molecule has 0 spiro atoms. The Balaban J connectivity index is 1.87. The molecule has 1 aromatic rings. The van der Waals surface area contributed by atoms with E-state index in [1.54, 1.807) is 0 Å². The van der Waals surface area contributed by atoms with Crippen LogP contribution in [0.15, 0.2) is 11.2 Å². The van der Waals surface area contributed by atoms with Gasteiger partial charge in [-0.25, -0.2) is 9.98 Å². The maximum absolute atomic E-state index is 11.8. The van der Waals surface area contributed by atoms with Crippen LogP contribution in [-0.2, 0) is 0 Å². The first-order valence-electron chi connectivity index (χ1n) is 9.21. The Bertz CT molecular complexity index is 657. The van der Waals surface area contributed by atoms with Crippen molar-refractivity contribution in [3.05, 3.63) is 11.8 Å². The highest BCUT2D eigenvalue weighted by Crippen LogP contribution is 2.36. The number of hydrogen-bond donors (Lipinski definition) is 3. The van der Waals surface area contributed by atoms with E-state index in [0.29, 0.717) is 17.3 Å². The number of aliphatic hydroxyl groups excluding tert-OH is 1. The number of carbonyl (C=O) groups is 1. The monoisotopic (exact) mass is 345 g/mol. The van der Waals surface area contributed by atoms with Crippen LogP contribution in [0.4, 0.5) is 11.8 Å². The molecule has 2 saturated carbocycles. The Morgan fingerprint density at radius 2 is 2.08 bits per heavy atom. The lowest BCUT2D eigenvalue weighted by atomic mass is 9.94. The lowest BCUT2D eigenvalue weighted by molar-refractivity contribution is 0.100. The molecule has 1 heterocycles. The van der Waals surface area contributed by atoms with Gasteiger partial charge >= 0.3 is 0 Å². The zero-order valence-corrected chi connectivity index (χ0v) is 14.8. The van der Waals surface area contributed by atoms with Gasteiger partial charge in [-0.1, -0.05) is 19.8 Å². The standard InChI is InChI=1S/C18H27N5O2/c1-2-18(9-3-4-10-18)23-16-14(15(19)25)11-20-17(22-16)21-12-5-7-13(24)8-6-12/h11,13,24H,2-10H2,1H3,(H2,19,25)(H,20,22,23). The third-order valence-corrected chi connectivity index (χ3v) is 5.45. The van der Waals surface area contributed by atoms with E-state index in [2.05, 4.69) is 27.2 Å². The highest BCUT2D eigenvalue weighted by atomic mass is 16.3. The Labute approximate surface area is 148 Å². The van der Waals surface area contributed by atoms with E-state index in [9.17, 15) is 9.90 Å². The quantitative estimate of drug-likeness (QED) is 0.759. The van der Waals surface area contributed by atoms with Gasteiger partial charge < -0.3 is 16.2 Å². The van der Waals surface area contributed by atoms with Gasteiger partial charge in [0, 0.05) is 17.4 Å².